The summed E-state index contributed by atoms with van der Waals surface area (Å²) in [7, 11) is -0.312. The molecule has 5 aromatic heterocycles. The Hall–Kier alpha value is -13.8. The number of allylic oxidation sites excluding steroid dienone is 5. The van der Waals surface area contributed by atoms with Gasteiger partial charge in [0.25, 0.3) is 20.0 Å². The number of aliphatic hydroxyl groups is 1. The minimum absolute atomic E-state index is 0.0594. The number of aldehydes is 1. The lowest BCUT2D eigenvalue weighted by Crippen LogP contribution is -2.15. The molecule has 0 bridgehead atoms. The van der Waals surface area contributed by atoms with E-state index in [1.54, 1.807) is 66.9 Å². The Morgan fingerprint density at radius 3 is 1.54 bits per heavy atom. The quantitative estimate of drug-likeness (QED) is 0.0432. The number of carbonyl (C=O) groups excluding carboxylic acids is 3. The molecule has 0 radical (unpaired) electrons. The number of fused-ring (bicyclic) bond motifs is 5. The molecule has 0 unspecified atom stereocenters. The lowest BCUT2D eigenvalue weighted by Gasteiger charge is -2.13. The van der Waals surface area contributed by atoms with Crippen LogP contribution >= 0.6 is 0 Å². The highest BCUT2D eigenvalue weighted by atomic mass is 32.2. The fourth-order valence-corrected chi connectivity index (χ4v) is 16.6. The third-order valence-corrected chi connectivity index (χ3v) is 22.8. The number of nitrogens with zero attached hydrogens (tertiary/aromatic N) is 6. The van der Waals surface area contributed by atoms with E-state index in [1.165, 1.54) is 116 Å². The summed E-state index contributed by atoms with van der Waals surface area (Å²) >= 11 is 0. The Bertz CT molecular complexity index is 6220. The Morgan fingerprint density at radius 2 is 0.982 bits per heavy atom. The fourth-order valence-electron chi connectivity index (χ4n) is 13.9. The number of aliphatic hydroxyl groups excluding tert-OH is 1. The molecule has 0 saturated heterocycles. The lowest BCUT2D eigenvalue weighted by atomic mass is 10.0. The molecule has 0 spiro atoms. The largest absolute Gasteiger partial charge is 0.493 e. The number of ether oxygens (including phenoxy) is 5. The molecule has 0 amide bonds. The highest BCUT2D eigenvalue weighted by molar-refractivity contribution is 7.90. The molecular weight excluding hydrogens is 1470 g/mol. The molecule has 14 aromatic rings. The van der Waals surface area contributed by atoms with Gasteiger partial charge in [0.15, 0.2) is 34.6 Å². The van der Waals surface area contributed by atoms with Gasteiger partial charge in [-0.2, -0.15) is 0 Å². The fraction of sp³-hybridized carbons (Fsp3) is 0.112. The Kier molecular flexibility index (Phi) is 22.6. The predicted molar refractivity (Wildman–Crippen MR) is 431 cm³/mol. The molecule has 18 rings (SSSR count). The molecule has 0 fully saturated rings. The number of benzene rings is 9. The van der Waals surface area contributed by atoms with Crippen LogP contribution in [0.4, 0.5) is 0 Å². The molecule has 24 heteroatoms. The number of hydrogen-bond donors (Lipinski definition) is 4. The van der Waals surface area contributed by atoms with E-state index < -0.39 is 25.8 Å². The first-order valence-corrected chi connectivity index (χ1v) is 38.7. The molecule has 5 heterocycles. The second-order valence-corrected chi connectivity index (χ2v) is 29.6. The van der Waals surface area contributed by atoms with Crippen molar-refractivity contribution >= 4 is 71.1 Å². The van der Waals surface area contributed by atoms with E-state index in [4.69, 9.17) is 23.7 Å². The van der Waals surface area contributed by atoms with Gasteiger partial charge >= 0.3 is 0 Å². The van der Waals surface area contributed by atoms with Crippen molar-refractivity contribution in [2.75, 3.05) is 35.5 Å². The Labute approximate surface area is 651 Å². The van der Waals surface area contributed by atoms with Crippen molar-refractivity contribution in [3.8, 4) is 40.1 Å². The minimum Gasteiger partial charge on any atom is -0.493 e. The van der Waals surface area contributed by atoms with Crippen LogP contribution in [0.5, 0.6) is 28.7 Å². The number of methoxy groups -OCH3 is 5. The molecule has 0 aliphatic heterocycles. The van der Waals surface area contributed by atoms with Crippen LogP contribution in [0.2, 0.25) is 0 Å². The summed E-state index contributed by atoms with van der Waals surface area (Å²) in [5, 5.41) is 10.8. The first-order chi connectivity index (χ1) is 55.1. The Balaban J connectivity index is 0.000000124. The van der Waals surface area contributed by atoms with Gasteiger partial charge in [-0.3, -0.25) is 14.4 Å². The average molecular weight is 1540 g/mol. The van der Waals surface area contributed by atoms with E-state index in [-0.39, 0.29) is 45.0 Å². The zero-order valence-electron chi connectivity index (χ0n) is 61.9. The average Bonchev–Trinajstić information content (AvgIpc) is 1.61. The number of nitrogens with one attached hydrogen (secondary N) is 3. The minimum atomic E-state index is -4.06. The predicted octanol–water partition coefficient (Wildman–Crippen LogP) is 15.0. The second-order valence-electron chi connectivity index (χ2n) is 25.9. The maximum absolute atomic E-state index is 13.7. The zero-order chi connectivity index (χ0) is 78.8. The van der Waals surface area contributed by atoms with Gasteiger partial charge in [-0.05, 0) is 125 Å². The first-order valence-electron chi connectivity index (χ1n) is 35.8. The summed E-state index contributed by atoms with van der Waals surface area (Å²) in [6.07, 6.45) is 23.7. The number of ketones is 2. The SMILES string of the molecule is C1=C(c2ncc[nH]2)c2ccccc2C1.COc1cc(C(=O)c2cn(S(=O)(=O)c3ccccc3)c(C3=CCc4ccccc43)n2)cc(CO)c1OC.COc1cc(C(=O)c2cnc(-c3c[nH]c4ccccc34)[nH]2)cc(OC)c1OC.O=CC1=CCc2ccccc21.O=S(=O)(c1ccccc1)n1ccnc1C1=CCc2ccccc21. The molecule has 4 aliphatic rings. The summed E-state index contributed by atoms with van der Waals surface area (Å²) in [5.41, 5.74) is 15.9. The van der Waals surface area contributed by atoms with E-state index in [0.717, 1.165) is 85.2 Å². The van der Waals surface area contributed by atoms with Crippen molar-refractivity contribution in [2.45, 2.75) is 42.1 Å². The van der Waals surface area contributed by atoms with Crippen molar-refractivity contribution in [1.82, 2.24) is 42.8 Å². The summed E-state index contributed by atoms with van der Waals surface area (Å²) in [4.78, 5) is 64.4. The van der Waals surface area contributed by atoms with Crippen molar-refractivity contribution in [2.24, 2.45) is 0 Å². The van der Waals surface area contributed by atoms with Crippen molar-refractivity contribution in [3.05, 3.63) is 364 Å². The maximum atomic E-state index is 13.7. The molecule has 0 saturated carbocycles. The van der Waals surface area contributed by atoms with Crippen LogP contribution in [0.15, 0.2) is 284 Å². The van der Waals surface area contributed by atoms with E-state index in [0.29, 0.717) is 63.5 Å². The van der Waals surface area contributed by atoms with Gasteiger partial charge in [-0.25, -0.2) is 44.7 Å². The number of carbonyl (C=O) groups is 3. The van der Waals surface area contributed by atoms with Crippen LogP contribution in [0.25, 0.3) is 44.6 Å². The first kappa shape index (κ1) is 76.0. The third-order valence-electron chi connectivity index (χ3n) is 19.4. The van der Waals surface area contributed by atoms with Crippen molar-refractivity contribution in [1.29, 1.82) is 0 Å². The van der Waals surface area contributed by atoms with E-state index in [2.05, 4.69) is 77.4 Å². The summed E-state index contributed by atoms with van der Waals surface area (Å²) in [6.45, 7) is -0.383. The molecule has 0 atom stereocenters. The topological polar surface area (TPSA) is 295 Å². The Morgan fingerprint density at radius 1 is 0.487 bits per heavy atom. The van der Waals surface area contributed by atoms with Crippen LogP contribution in [0.1, 0.15) is 99.6 Å². The van der Waals surface area contributed by atoms with Crippen LogP contribution in [-0.2, 0) is 57.1 Å². The highest BCUT2D eigenvalue weighted by Gasteiger charge is 2.31. The number of para-hydroxylation sites is 1. The number of hydrogen-bond acceptors (Lipinski definition) is 17. The van der Waals surface area contributed by atoms with Gasteiger partial charge in [0, 0.05) is 86.4 Å². The number of rotatable bonds is 19. The summed E-state index contributed by atoms with van der Waals surface area (Å²) < 4.78 is 82.1. The van der Waals surface area contributed by atoms with Gasteiger partial charge < -0.3 is 43.7 Å². The van der Waals surface area contributed by atoms with Gasteiger partial charge in [-0.1, -0.05) is 176 Å². The van der Waals surface area contributed by atoms with E-state index in [9.17, 15) is 36.3 Å². The molecule has 4 N–H and O–H groups in total. The second kappa shape index (κ2) is 33.6. The van der Waals surface area contributed by atoms with E-state index >= 15 is 0 Å². The molecule has 4 aliphatic carbocycles. The van der Waals surface area contributed by atoms with Crippen LogP contribution in [-0.4, -0.2) is 118 Å². The lowest BCUT2D eigenvalue weighted by molar-refractivity contribution is -0.103. The van der Waals surface area contributed by atoms with Gasteiger partial charge in [0.2, 0.25) is 17.3 Å². The van der Waals surface area contributed by atoms with Crippen LogP contribution in [0.3, 0.4) is 0 Å². The summed E-state index contributed by atoms with van der Waals surface area (Å²) in [6, 6.07) is 62.7. The third kappa shape index (κ3) is 15.5. The standard InChI is InChI=1S/C28H24N2O6S.C21H19N3O4.C18H14N2O2S.C12H10N2.C10H8O/c1-35-25-15-19(14-20(17-31)27(25)36-2)26(32)24-16-30(37(33,34)21-9-4-3-5-10-21)28(29-24)23-13-12-18-8-6-7-11-22(18)23;1-26-17-8-12(9-18(27-2)20(17)28-3)19(25)16-11-23-21(24-16)14-10-22-15-7-5-4-6-13(14)15;21-23(22,15-7-2-1-3-8-15)20-13-12-19-18(20)17-11-10-14-6-4-5-9-16(14)17;1-2-4-10-9(3-1)5-6-11(10)12-13-7-8-14-12;11-7-9-6-5-8-3-1-2-4-10(8)9/h3-11,13-16,31H,12,17H2,1-2H3;4-11,22H,1-3H3,(H,23,24);1-9,11-13H,10H2;1-4,6-8H,5H2,(H,13,14);1-4,6-7H,5H2. The monoisotopic (exact) mass is 1540 g/mol. The van der Waals surface area contributed by atoms with Gasteiger partial charge in [0.05, 0.1) is 64.3 Å². The molecule has 113 heavy (non-hydrogen) atoms. The number of H-pyrrole nitrogens is 3. The molecule has 9 aromatic carbocycles. The highest BCUT2D eigenvalue weighted by Crippen LogP contribution is 2.41. The van der Waals surface area contributed by atoms with Crippen molar-refractivity contribution < 1.29 is 60.0 Å². The summed E-state index contributed by atoms with van der Waals surface area (Å²) in [5.74, 6) is 3.30. The normalized spacial score (nSPS) is 12.7. The van der Waals surface area contributed by atoms with Gasteiger partial charge in [0.1, 0.15) is 29.3 Å². The van der Waals surface area contributed by atoms with Crippen molar-refractivity contribution in [3.63, 3.8) is 0 Å². The molecule has 22 nitrogen and oxygen atoms in total. The maximum Gasteiger partial charge on any atom is 0.269 e. The zero-order valence-corrected chi connectivity index (χ0v) is 63.6. The number of imidazole rings is 4. The number of aromatic amines is 3. The van der Waals surface area contributed by atoms with Gasteiger partial charge in [-0.15, -0.1) is 0 Å². The number of aromatic nitrogens is 9. The molecular formula is C89H75N9O13S2. The smallest absolute Gasteiger partial charge is 0.269 e. The van der Waals surface area contributed by atoms with Crippen LogP contribution in [0, 0.1) is 0 Å². The van der Waals surface area contributed by atoms with Crippen LogP contribution < -0.4 is 23.7 Å². The molecule has 566 valence electrons. The van der Waals surface area contributed by atoms with E-state index in [1.807, 2.05) is 116 Å².